The second-order valence-electron chi connectivity index (χ2n) is 4.51. The Balaban J connectivity index is 2.12. The second-order valence-corrected chi connectivity index (χ2v) is 4.51. The Labute approximate surface area is 111 Å². The van der Waals surface area contributed by atoms with Gasteiger partial charge in [0.2, 0.25) is 0 Å². The number of nitrogens with one attached hydrogen (secondary N) is 1. The van der Waals surface area contributed by atoms with Gasteiger partial charge in [-0.05, 0) is 29.8 Å². The van der Waals surface area contributed by atoms with Crippen LogP contribution in [0.4, 0.5) is 20.2 Å². The minimum absolute atomic E-state index is 0.446. The maximum atomic E-state index is 13.1. The maximum absolute atomic E-state index is 13.1. The van der Waals surface area contributed by atoms with Crippen molar-refractivity contribution in [3.05, 3.63) is 59.7 Å². The molecule has 0 aliphatic heterocycles. The van der Waals surface area contributed by atoms with Crippen molar-refractivity contribution in [3.8, 4) is 0 Å². The van der Waals surface area contributed by atoms with Crippen LogP contribution in [-0.2, 0) is 6.54 Å². The minimum atomic E-state index is -0.822. The molecule has 0 fully saturated rings. The molecule has 2 aromatic rings. The molecule has 0 saturated heterocycles. The first-order valence-electron chi connectivity index (χ1n) is 6.02. The molecule has 0 atom stereocenters. The predicted molar refractivity (Wildman–Crippen MR) is 74.5 cm³/mol. The fourth-order valence-corrected chi connectivity index (χ4v) is 1.86. The Morgan fingerprint density at radius 1 is 1.00 bits per heavy atom. The summed E-state index contributed by atoms with van der Waals surface area (Å²) in [6, 6.07) is 11.8. The fraction of sp³-hybridized carbons (Fsp3) is 0.200. The van der Waals surface area contributed by atoms with E-state index in [-0.39, 0.29) is 0 Å². The highest BCUT2D eigenvalue weighted by molar-refractivity contribution is 5.69. The standard InChI is InChI=1S/C15H16F2N2/c1-19(2)15-6-4-3-5-14(15)18-10-11-7-8-12(16)13(17)9-11/h3-9,18H,10H2,1-2H3. The van der Waals surface area contributed by atoms with Crippen LogP contribution < -0.4 is 10.2 Å². The van der Waals surface area contributed by atoms with Crippen molar-refractivity contribution in [1.29, 1.82) is 0 Å². The molecule has 2 aromatic carbocycles. The molecular weight excluding hydrogens is 246 g/mol. The number of hydrogen-bond acceptors (Lipinski definition) is 2. The lowest BCUT2D eigenvalue weighted by atomic mass is 10.2. The first kappa shape index (κ1) is 13.3. The minimum Gasteiger partial charge on any atom is -0.379 e. The molecule has 0 unspecified atom stereocenters. The van der Waals surface area contributed by atoms with Gasteiger partial charge in [0.1, 0.15) is 0 Å². The molecule has 0 saturated carbocycles. The quantitative estimate of drug-likeness (QED) is 0.905. The van der Waals surface area contributed by atoms with Crippen LogP contribution in [0.2, 0.25) is 0 Å². The third kappa shape index (κ3) is 3.22. The van der Waals surface area contributed by atoms with Crippen LogP contribution in [0.25, 0.3) is 0 Å². The van der Waals surface area contributed by atoms with E-state index >= 15 is 0 Å². The zero-order valence-electron chi connectivity index (χ0n) is 11.0. The van der Waals surface area contributed by atoms with Gasteiger partial charge in [0.25, 0.3) is 0 Å². The van der Waals surface area contributed by atoms with E-state index in [4.69, 9.17) is 0 Å². The van der Waals surface area contributed by atoms with Gasteiger partial charge in [-0.2, -0.15) is 0 Å². The van der Waals surface area contributed by atoms with Gasteiger partial charge in [0, 0.05) is 20.6 Å². The topological polar surface area (TPSA) is 15.3 Å². The summed E-state index contributed by atoms with van der Waals surface area (Å²) in [6.07, 6.45) is 0. The Morgan fingerprint density at radius 3 is 2.42 bits per heavy atom. The van der Waals surface area contributed by atoms with E-state index in [0.29, 0.717) is 12.1 Å². The second kappa shape index (κ2) is 5.69. The van der Waals surface area contributed by atoms with Gasteiger partial charge in [0.05, 0.1) is 11.4 Å². The lowest BCUT2D eigenvalue weighted by Crippen LogP contribution is -2.12. The molecule has 4 heteroatoms. The highest BCUT2D eigenvalue weighted by atomic mass is 19.2. The monoisotopic (exact) mass is 262 g/mol. The number of benzene rings is 2. The van der Waals surface area contributed by atoms with Crippen molar-refractivity contribution >= 4 is 11.4 Å². The maximum Gasteiger partial charge on any atom is 0.159 e. The van der Waals surface area contributed by atoms with Gasteiger partial charge in [0.15, 0.2) is 11.6 Å². The van der Waals surface area contributed by atoms with E-state index in [0.717, 1.165) is 17.4 Å². The van der Waals surface area contributed by atoms with Crippen molar-refractivity contribution in [1.82, 2.24) is 0 Å². The van der Waals surface area contributed by atoms with Crippen LogP contribution in [0.15, 0.2) is 42.5 Å². The van der Waals surface area contributed by atoms with Crippen LogP contribution in [0.3, 0.4) is 0 Å². The van der Waals surface area contributed by atoms with Crippen molar-refractivity contribution in [2.75, 3.05) is 24.3 Å². The van der Waals surface area contributed by atoms with Gasteiger partial charge in [-0.3, -0.25) is 0 Å². The molecule has 0 aromatic heterocycles. The molecule has 19 heavy (non-hydrogen) atoms. The molecule has 2 nitrogen and oxygen atoms in total. The summed E-state index contributed by atoms with van der Waals surface area (Å²) in [5.74, 6) is -1.64. The van der Waals surface area contributed by atoms with Crippen molar-refractivity contribution in [2.24, 2.45) is 0 Å². The predicted octanol–water partition coefficient (Wildman–Crippen LogP) is 3.64. The molecule has 0 radical (unpaired) electrons. The number of para-hydroxylation sites is 2. The summed E-state index contributed by atoms with van der Waals surface area (Å²) in [5, 5.41) is 3.23. The Kier molecular flexibility index (Phi) is 4.00. The number of hydrogen-bond donors (Lipinski definition) is 1. The van der Waals surface area contributed by atoms with Crippen molar-refractivity contribution in [2.45, 2.75) is 6.54 Å². The third-order valence-corrected chi connectivity index (χ3v) is 2.85. The average Bonchev–Trinajstić information content (AvgIpc) is 2.40. The smallest absolute Gasteiger partial charge is 0.159 e. The average molecular weight is 262 g/mol. The largest absolute Gasteiger partial charge is 0.379 e. The fourth-order valence-electron chi connectivity index (χ4n) is 1.86. The molecule has 0 aliphatic carbocycles. The number of halogens is 2. The van der Waals surface area contributed by atoms with Gasteiger partial charge < -0.3 is 10.2 Å². The Bertz CT molecular complexity index is 568. The van der Waals surface area contributed by atoms with Crippen LogP contribution in [0, 0.1) is 11.6 Å². The van der Waals surface area contributed by atoms with Crippen LogP contribution in [0.5, 0.6) is 0 Å². The lowest BCUT2D eigenvalue weighted by molar-refractivity contribution is 0.507. The highest BCUT2D eigenvalue weighted by Gasteiger charge is 2.05. The van der Waals surface area contributed by atoms with Crippen LogP contribution >= 0.6 is 0 Å². The normalized spacial score (nSPS) is 10.3. The van der Waals surface area contributed by atoms with Crippen molar-refractivity contribution < 1.29 is 8.78 Å². The van der Waals surface area contributed by atoms with E-state index in [1.807, 2.05) is 43.3 Å². The first-order valence-corrected chi connectivity index (χ1v) is 6.02. The molecule has 100 valence electrons. The highest BCUT2D eigenvalue weighted by Crippen LogP contribution is 2.24. The number of nitrogens with zero attached hydrogens (tertiary/aromatic N) is 1. The molecule has 0 aliphatic rings. The molecular formula is C15H16F2N2. The van der Waals surface area contributed by atoms with E-state index in [1.54, 1.807) is 6.07 Å². The summed E-state index contributed by atoms with van der Waals surface area (Å²) in [4.78, 5) is 1.99. The van der Waals surface area contributed by atoms with E-state index in [1.165, 1.54) is 6.07 Å². The van der Waals surface area contributed by atoms with E-state index in [2.05, 4.69) is 5.32 Å². The van der Waals surface area contributed by atoms with E-state index < -0.39 is 11.6 Å². The van der Waals surface area contributed by atoms with Crippen LogP contribution in [-0.4, -0.2) is 14.1 Å². The molecule has 0 bridgehead atoms. The summed E-state index contributed by atoms with van der Waals surface area (Å²) in [6.45, 7) is 0.446. The molecule has 2 rings (SSSR count). The van der Waals surface area contributed by atoms with Crippen molar-refractivity contribution in [3.63, 3.8) is 0 Å². The number of rotatable bonds is 4. The summed E-state index contributed by atoms with van der Waals surface area (Å²) in [7, 11) is 3.91. The molecule has 0 heterocycles. The van der Waals surface area contributed by atoms with E-state index in [9.17, 15) is 8.78 Å². The molecule has 1 N–H and O–H groups in total. The van der Waals surface area contributed by atoms with Gasteiger partial charge in [-0.1, -0.05) is 18.2 Å². The Morgan fingerprint density at radius 2 is 1.74 bits per heavy atom. The number of anilines is 2. The third-order valence-electron chi connectivity index (χ3n) is 2.85. The van der Waals surface area contributed by atoms with Gasteiger partial charge >= 0.3 is 0 Å². The van der Waals surface area contributed by atoms with Gasteiger partial charge in [-0.25, -0.2) is 8.78 Å². The van der Waals surface area contributed by atoms with Crippen LogP contribution in [0.1, 0.15) is 5.56 Å². The summed E-state index contributed by atoms with van der Waals surface area (Å²) < 4.78 is 25.9. The molecule has 0 amide bonds. The summed E-state index contributed by atoms with van der Waals surface area (Å²) >= 11 is 0. The summed E-state index contributed by atoms with van der Waals surface area (Å²) in [5.41, 5.74) is 2.70. The zero-order chi connectivity index (χ0) is 13.8. The first-order chi connectivity index (χ1) is 9.08. The zero-order valence-corrected chi connectivity index (χ0v) is 11.0. The molecule has 0 spiro atoms. The van der Waals surface area contributed by atoms with Gasteiger partial charge in [-0.15, -0.1) is 0 Å². The lowest BCUT2D eigenvalue weighted by Gasteiger charge is -2.18. The SMILES string of the molecule is CN(C)c1ccccc1NCc1ccc(F)c(F)c1. The Hall–Kier alpha value is -2.10.